The molecule has 0 radical (unpaired) electrons. The van der Waals surface area contributed by atoms with E-state index in [1.807, 2.05) is 6.92 Å². The number of anilines is 1. The highest BCUT2D eigenvalue weighted by molar-refractivity contribution is 6.31. The molecular weight excluding hydrogens is 408 g/mol. The Morgan fingerprint density at radius 1 is 1.18 bits per heavy atom. The van der Waals surface area contributed by atoms with E-state index >= 15 is 0 Å². The van der Waals surface area contributed by atoms with Crippen molar-refractivity contribution in [1.29, 1.82) is 0 Å². The van der Waals surface area contributed by atoms with Crippen LogP contribution in [0.2, 0.25) is 10.0 Å². The molecular formula is C18H18Cl2FN5O2. The zero-order chi connectivity index (χ0) is 20.1. The predicted molar refractivity (Wildman–Crippen MR) is 105 cm³/mol. The van der Waals surface area contributed by atoms with Gasteiger partial charge in [-0.2, -0.15) is 0 Å². The summed E-state index contributed by atoms with van der Waals surface area (Å²) < 4.78 is 26.6. The first-order chi connectivity index (χ1) is 13.5. The standard InChI is InChI=1S/C18H18Cl2FN5O2/c1-3-26-18(23-24-25-26)22-9-11-7-16(27-2)17(8-14(11)20)28-10-12-13(19)5-4-6-15(12)21/h4-8H,3,9-10H2,1-2H3,(H,22,23,25). The summed E-state index contributed by atoms with van der Waals surface area (Å²) in [6.45, 7) is 2.90. The lowest BCUT2D eigenvalue weighted by Gasteiger charge is -2.15. The summed E-state index contributed by atoms with van der Waals surface area (Å²) in [5.41, 5.74) is 1.03. The number of hydrogen-bond acceptors (Lipinski definition) is 6. The Bertz CT molecular complexity index is 947. The summed E-state index contributed by atoms with van der Waals surface area (Å²) in [5, 5.41) is 15.3. The summed E-state index contributed by atoms with van der Waals surface area (Å²) >= 11 is 12.4. The number of halogens is 3. The average Bonchev–Trinajstić information content (AvgIpc) is 3.14. The van der Waals surface area contributed by atoms with Crippen LogP contribution in [0.3, 0.4) is 0 Å². The molecule has 0 unspecified atom stereocenters. The lowest BCUT2D eigenvalue weighted by molar-refractivity contribution is 0.279. The van der Waals surface area contributed by atoms with Gasteiger partial charge in [-0.15, -0.1) is 0 Å². The van der Waals surface area contributed by atoms with Crippen LogP contribution in [0.4, 0.5) is 10.3 Å². The van der Waals surface area contributed by atoms with Crippen molar-refractivity contribution in [1.82, 2.24) is 20.2 Å². The zero-order valence-electron chi connectivity index (χ0n) is 15.2. The summed E-state index contributed by atoms with van der Waals surface area (Å²) in [6, 6.07) is 7.83. The largest absolute Gasteiger partial charge is 0.493 e. The third-order valence-corrected chi connectivity index (χ3v) is 4.74. The molecule has 0 saturated carbocycles. The fraction of sp³-hybridized carbons (Fsp3) is 0.278. The van der Waals surface area contributed by atoms with Gasteiger partial charge in [0.15, 0.2) is 11.5 Å². The van der Waals surface area contributed by atoms with Crippen LogP contribution in [0.1, 0.15) is 18.1 Å². The molecule has 1 heterocycles. The van der Waals surface area contributed by atoms with Gasteiger partial charge in [0.05, 0.1) is 12.1 Å². The molecule has 3 aromatic rings. The van der Waals surface area contributed by atoms with Gasteiger partial charge in [0, 0.05) is 29.7 Å². The summed E-state index contributed by atoms with van der Waals surface area (Å²) in [7, 11) is 1.51. The second-order valence-electron chi connectivity index (χ2n) is 5.76. The van der Waals surface area contributed by atoms with E-state index in [1.54, 1.807) is 22.9 Å². The van der Waals surface area contributed by atoms with Gasteiger partial charge in [-0.05, 0) is 41.1 Å². The maximum atomic E-state index is 13.9. The molecule has 2 aromatic carbocycles. The van der Waals surface area contributed by atoms with E-state index < -0.39 is 5.82 Å². The van der Waals surface area contributed by atoms with Crippen molar-refractivity contribution in [2.75, 3.05) is 12.4 Å². The number of aromatic nitrogens is 4. The SMILES string of the molecule is CCn1nnnc1NCc1cc(OC)c(OCc2c(F)cccc2Cl)cc1Cl. The van der Waals surface area contributed by atoms with Crippen LogP contribution >= 0.6 is 23.2 Å². The first-order valence-electron chi connectivity index (χ1n) is 8.45. The van der Waals surface area contributed by atoms with E-state index in [0.717, 1.165) is 5.56 Å². The van der Waals surface area contributed by atoms with E-state index in [9.17, 15) is 4.39 Å². The van der Waals surface area contributed by atoms with Gasteiger partial charge in [0.1, 0.15) is 12.4 Å². The molecule has 1 N–H and O–H groups in total. The van der Waals surface area contributed by atoms with Gasteiger partial charge in [0.2, 0.25) is 5.95 Å². The van der Waals surface area contributed by atoms with Gasteiger partial charge in [-0.3, -0.25) is 0 Å². The molecule has 0 fully saturated rings. The number of benzene rings is 2. The Labute approximate surface area is 171 Å². The maximum absolute atomic E-state index is 13.9. The number of tetrazole rings is 1. The molecule has 0 aliphatic rings. The van der Waals surface area contributed by atoms with Crippen molar-refractivity contribution in [2.45, 2.75) is 26.6 Å². The molecule has 148 valence electrons. The molecule has 10 heteroatoms. The molecule has 0 aliphatic carbocycles. The second kappa shape index (κ2) is 9.07. The fourth-order valence-corrected chi connectivity index (χ4v) is 2.96. The van der Waals surface area contributed by atoms with Crippen LogP contribution in [0.15, 0.2) is 30.3 Å². The molecule has 28 heavy (non-hydrogen) atoms. The lowest BCUT2D eigenvalue weighted by Crippen LogP contribution is -2.08. The van der Waals surface area contributed by atoms with Crippen LogP contribution in [0, 0.1) is 5.82 Å². The summed E-state index contributed by atoms with van der Waals surface area (Å²) in [6.07, 6.45) is 0. The normalized spacial score (nSPS) is 10.8. The van der Waals surface area contributed by atoms with Crippen LogP contribution in [0.25, 0.3) is 0 Å². The number of ether oxygens (including phenoxy) is 2. The Hall–Kier alpha value is -2.58. The van der Waals surface area contributed by atoms with Crippen LogP contribution < -0.4 is 14.8 Å². The van der Waals surface area contributed by atoms with E-state index in [2.05, 4.69) is 20.8 Å². The van der Waals surface area contributed by atoms with Gasteiger partial charge >= 0.3 is 0 Å². The molecule has 0 amide bonds. The van der Waals surface area contributed by atoms with Crippen LogP contribution in [0.5, 0.6) is 11.5 Å². The van der Waals surface area contributed by atoms with Crippen molar-refractivity contribution < 1.29 is 13.9 Å². The first-order valence-corrected chi connectivity index (χ1v) is 9.21. The van der Waals surface area contributed by atoms with Gasteiger partial charge in [-0.25, -0.2) is 9.07 Å². The number of methoxy groups -OCH3 is 1. The molecule has 0 aliphatic heterocycles. The fourth-order valence-electron chi connectivity index (χ4n) is 2.52. The lowest BCUT2D eigenvalue weighted by atomic mass is 10.2. The highest BCUT2D eigenvalue weighted by Crippen LogP contribution is 2.34. The molecule has 0 bridgehead atoms. The highest BCUT2D eigenvalue weighted by atomic mass is 35.5. The quantitative estimate of drug-likeness (QED) is 0.578. The van der Waals surface area contributed by atoms with E-state index in [-0.39, 0.29) is 12.2 Å². The Kier molecular flexibility index (Phi) is 6.53. The third kappa shape index (κ3) is 4.45. The number of rotatable bonds is 8. The van der Waals surface area contributed by atoms with Crippen molar-refractivity contribution in [3.05, 3.63) is 57.3 Å². The molecule has 0 atom stereocenters. The first kappa shape index (κ1) is 20.2. The van der Waals surface area contributed by atoms with Crippen LogP contribution in [-0.2, 0) is 19.7 Å². The van der Waals surface area contributed by atoms with E-state index in [4.69, 9.17) is 32.7 Å². The molecule has 1 aromatic heterocycles. The van der Waals surface area contributed by atoms with Crippen molar-refractivity contribution >= 4 is 29.2 Å². The summed E-state index contributed by atoms with van der Waals surface area (Å²) in [5.74, 6) is 0.941. The molecule has 0 spiro atoms. The zero-order valence-corrected chi connectivity index (χ0v) is 16.8. The predicted octanol–water partition coefficient (Wildman–Crippen LogP) is 4.34. The Morgan fingerprint density at radius 2 is 2.00 bits per heavy atom. The smallest absolute Gasteiger partial charge is 0.243 e. The third-order valence-electron chi connectivity index (χ3n) is 4.03. The number of hydrogen-bond donors (Lipinski definition) is 1. The summed E-state index contributed by atoms with van der Waals surface area (Å²) in [4.78, 5) is 0. The topological polar surface area (TPSA) is 74.1 Å². The number of nitrogens with zero attached hydrogens (tertiary/aromatic N) is 4. The number of nitrogens with one attached hydrogen (secondary N) is 1. The van der Waals surface area contributed by atoms with E-state index in [0.29, 0.717) is 40.6 Å². The monoisotopic (exact) mass is 425 g/mol. The molecule has 0 saturated heterocycles. The molecule has 7 nitrogen and oxygen atoms in total. The minimum Gasteiger partial charge on any atom is -0.493 e. The minimum absolute atomic E-state index is 0.0545. The van der Waals surface area contributed by atoms with Gasteiger partial charge in [-0.1, -0.05) is 34.4 Å². The Morgan fingerprint density at radius 3 is 2.71 bits per heavy atom. The van der Waals surface area contributed by atoms with Crippen molar-refractivity contribution in [2.24, 2.45) is 0 Å². The maximum Gasteiger partial charge on any atom is 0.243 e. The van der Waals surface area contributed by atoms with Gasteiger partial charge in [0.25, 0.3) is 0 Å². The highest BCUT2D eigenvalue weighted by Gasteiger charge is 2.14. The Balaban J connectivity index is 1.76. The van der Waals surface area contributed by atoms with Gasteiger partial charge < -0.3 is 14.8 Å². The minimum atomic E-state index is -0.438. The second-order valence-corrected chi connectivity index (χ2v) is 6.57. The van der Waals surface area contributed by atoms with Crippen molar-refractivity contribution in [3.8, 4) is 11.5 Å². The molecule has 3 rings (SSSR count). The van der Waals surface area contributed by atoms with Crippen LogP contribution in [-0.4, -0.2) is 27.3 Å². The van der Waals surface area contributed by atoms with Crippen molar-refractivity contribution in [3.63, 3.8) is 0 Å². The number of aryl methyl sites for hydroxylation is 1. The van der Waals surface area contributed by atoms with E-state index in [1.165, 1.54) is 19.2 Å². The average molecular weight is 426 g/mol.